The van der Waals surface area contributed by atoms with Gasteiger partial charge in [0.25, 0.3) is 0 Å². The summed E-state index contributed by atoms with van der Waals surface area (Å²) in [6, 6.07) is 18.0. The molecule has 3 nitrogen and oxygen atoms in total. The maximum absolute atomic E-state index is 6.26. The molecule has 0 aliphatic heterocycles. The third kappa shape index (κ3) is 7.58. The van der Waals surface area contributed by atoms with E-state index in [1.54, 1.807) is 12.1 Å². The zero-order chi connectivity index (χ0) is 21.5. The molecule has 31 heavy (non-hydrogen) atoms. The van der Waals surface area contributed by atoms with Gasteiger partial charge >= 0.3 is 0 Å². The minimum absolute atomic E-state index is 0. The fraction of sp³-hybridized carbons (Fsp3) is 0.250. The number of aryl methyl sites for hydroxylation is 1. The first-order valence-electron chi connectivity index (χ1n) is 9.74. The molecule has 0 fully saturated rings. The second-order valence-corrected chi connectivity index (χ2v) is 8.65. The Labute approximate surface area is 208 Å². The molecular weight excluding hydrogens is 521 g/mol. The van der Waals surface area contributed by atoms with Crippen molar-refractivity contribution in [1.29, 1.82) is 0 Å². The highest BCUT2D eigenvalue weighted by molar-refractivity contribution is 9.10. The summed E-state index contributed by atoms with van der Waals surface area (Å²) >= 11 is 15.9. The van der Waals surface area contributed by atoms with Gasteiger partial charge in [-0.15, -0.1) is 12.4 Å². The van der Waals surface area contributed by atoms with E-state index < -0.39 is 0 Å². The van der Waals surface area contributed by atoms with Crippen molar-refractivity contribution < 1.29 is 9.47 Å². The van der Waals surface area contributed by atoms with E-state index in [1.807, 2.05) is 25.1 Å². The molecule has 3 aromatic carbocycles. The molecule has 0 spiro atoms. The maximum atomic E-state index is 6.26. The third-order valence-electron chi connectivity index (χ3n) is 4.54. The normalized spacial score (nSPS) is 10.5. The Morgan fingerprint density at radius 1 is 0.903 bits per heavy atom. The zero-order valence-corrected chi connectivity index (χ0v) is 21.3. The molecule has 0 saturated heterocycles. The molecular formula is C24H25BrCl3NO2. The van der Waals surface area contributed by atoms with Crippen LogP contribution in [0.1, 0.15) is 29.2 Å². The molecule has 7 heteroatoms. The van der Waals surface area contributed by atoms with Crippen LogP contribution in [0.5, 0.6) is 11.5 Å². The highest BCUT2D eigenvalue weighted by Crippen LogP contribution is 2.38. The van der Waals surface area contributed by atoms with Crippen LogP contribution >= 0.6 is 51.5 Å². The summed E-state index contributed by atoms with van der Waals surface area (Å²) in [5, 5.41) is 4.65. The van der Waals surface area contributed by atoms with E-state index in [9.17, 15) is 0 Å². The van der Waals surface area contributed by atoms with Gasteiger partial charge in [-0.3, -0.25) is 0 Å². The van der Waals surface area contributed by atoms with Gasteiger partial charge in [0.2, 0.25) is 0 Å². The predicted molar refractivity (Wildman–Crippen MR) is 135 cm³/mol. The third-order valence-corrected chi connectivity index (χ3v) is 5.71. The molecule has 0 amide bonds. The van der Waals surface area contributed by atoms with Crippen molar-refractivity contribution in [2.75, 3.05) is 6.61 Å². The Bertz CT molecular complexity index is 997. The molecule has 1 N–H and O–H groups in total. The Hall–Kier alpha value is -1.43. The van der Waals surface area contributed by atoms with Gasteiger partial charge in [-0.25, -0.2) is 0 Å². The van der Waals surface area contributed by atoms with E-state index >= 15 is 0 Å². The van der Waals surface area contributed by atoms with E-state index in [1.165, 1.54) is 11.1 Å². The standard InChI is InChI=1S/C24H24BrCl2NO2.ClH/c1-3-29-23-11-18(14-28-13-17-6-4-16(2)5-7-17)10-21(25)24(23)30-15-19-8-9-20(26)12-22(19)27;/h4-12,28H,3,13-15H2,1-2H3;1H. The first-order valence-corrected chi connectivity index (χ1v) is 11.3. The molecule has 0 bridgehead atoms. The Kier molecular flexibility index (Phi) is 10.5. The van der Waals surface area contributed by atoms with Crippen LogP contribution in [-0.4, -0.2) is 6.61 Å². The van der Waals surface area contributed by atoms with Gasteiger partial charge in [-0.2, -0.15) is 0 Å². The number of hydrogen-bond donors (Lipinski definition) is 1. The summed E-state index contributed by atoms with van der Waals surface area (Å²) in [6.45, 7) is 6.43. The summed E-state index contributed by atoms with van der Waals surface area (Å²) in [6.07, 6.45) is 0. The lowest BCUT2D eigenvalue weighted by Crippen LogP contribution is -2.13. The van der Waals surface area contributed by atoms with Crippen LogP contribution in [0, 0.1) is 6.92 Å². The topological polar surface area (TPSA) is 30.5 Å². The van der Waals surface area contributed by atoms with Gasteiger partial charge in [0.05, 0.1) is 11.1 Å². The zero-order valence-electron chi connectivity index (χ0n) is 17.4. The van der Waals surface area contributed by atoms with Gasteiger partial charge in [0.1, 0.15) is 6.61 Å². The Morgan fingerprint density at radius 2 is 1.61 bits per heavy atom. The second kappa shape index (κ2) is 12.6. The van der Waals surface area contributed by atoms with Crippen molar-refractivity contribution in [1.82, 2.24) is 5.32 Å². The van der Waals surface area contributed by atoms with Gasteiger partial charge in [-0.1, -0.05) is 59.1 Å². The van der Waals surface area contributed by atoms with Crippen molar-refractivity contribution in [3.8, 4) is 11.5 Å². The molecule has 3 rings (SSSR count). The number of rotatable bonds is 9. The molecule has 0 heterocycles. The van der Waals surface area contributed by atoms with Gasteiger partial charge < -0.3 is 14.8 Å². The van der Waals surface area contributed by atoms with Crippen molar-refractivity contribution in [2.45, 2.75) is 33.5 Å². The number of ether oxygens (including phenoxy) is 2. The van der Waals surface area contributed by atoms with E-state index in [2.05, 4.69) is 52.4 Å². The molecule has 0 unspecified atom stereocenters. The average Bonchev–Trinajstić information content (AvgIpc) is 2.70. The van der Waals surface area contributed by atoms with E-state index in [0.29, 0.717) is 34.8 Å². The Balaban J connectivity index is 0.00000341. The SMILES string of the molecule is CCOc1cc(CNCc2ccc(C)cc2)cc(Br)c1OCc1ccc(Cl)cc1Cl.Cl. The fourth-order valence-electron chi connectivity index (χ4n) is 2.97. The summed E-state index contributed by atoms with van der Waals surface area (Å²) in [7, 11) is 0. The highest BCUT2D eigenvalue weighted by Gasteiger charge is 2.13. The fourth-order valence-corrected chi connectivity index (χ4v) is 4.04. The van der Waals surface area contributed by atoms with Crippen LogP contribution in [0.4, 0.5) is 0 Å². The van der Waals surface area contributed by atoms with Gasteiger partial charge in [-0.05, 0) is 65.2 Å². The van der Waals surface area contributed by atoms with Crippen molar-refractivity contribution in [3.63, 3.8) is 0 Å². The highest BCUT2D eigenvalue weighted by atomic mass is 79.9. The maximum Gasteiger partial charge on any atom is 0.175 e. The molecule has 0 aliphatic rings. The molecule has 0 saturated carbocycles. The Morgan fingerprint density at radius 3 is 2.29 bits per heavy atom. The minimum Gasteiger partial charge on any atom is -0.490 e. The molecule has 0 atom stereocenters. The molecule has 0 aromatic heterocycles. The van der Waals surface area contributed by atoms with Crippen LogP contribution in [0.25, 0.3) is 0 Å². The molecule has 166 valence electrons. The predicted octanol–water partition coefficient (Wildman–Crippen LogP) is 7.75. The van der Waals surface area contributed by atoms with Crippen LogP contribution < -0.4 is 14.8 Å². The van der Waals surface area contributed by atoms with Crippen molar-refractivity contribution >= 4 is 51.5 Å². The smallest absolute Gasteiger partial charge is 0.175 e. The minimum atomic E-state index is 0. The van der Waals surface area contributed by atoms with Gasteiger partial charge in [0.15, 0.2) is 11.5 Å². The monoisotopic (exact) mass is 543 g/mol. The number of benzene rings is 3. The summed E-state index contributed by atoms with van der Waals surface area (Å²) < 4.78 is 12.7. The van der Waals surface area contributed by atoms with E-state index in [4.69, 9.17) is 32.7 Å². The summed E-state index contributed by atoms with van der Waals surface area (Å²) in [5.41, 5.74) is 4.48. The van der Waals surface area contributed by atoms with Crippen LogP contribution in [0.15, 0.2) is 59.1 Å². The molecule has 0 radical (unpaired) electrons. The lowest BCUT2D eigenvalue weighted by Gasteiger charge is -2.16. The van der Waals surface area contributed by atoms with E-state index in [0.717, 1.165) is 28.7 Å². The first kappa shape index (κ1) is 25.8. The number of halogens is 4. The van der Waals surface area contributed by atoms with Crippen LogP contribution in [-0.2, 0) is 19.7 Å². The summed E-state index contributed by atoms with van der Waals surface area (Å²) in [4.78, 5) is 0. The lowest BCUT2D eigenvalue weighted by atomic mass is 10.1. The average molecular weight is 546 g/mol. The molecule has 0 aliphatic carbocycles. The largest absolute Gasteiger partial charge is 0.490 e. The van der Waals surface area contributed by atoms with Gasteiger partial charge in [0, 0.05) is 28.7 Å². The van der Waals surface area contributed by atoms with E-state index in [-0.39, 0.29) is 12.4 Å². The van der Waals surface area contributed by atoms with Crippen LogP contribution in [0.3, 0.4) is 0 Å². The first-order chi connectivity index (χ1) is 14.5. The molecule has 3 aromatic rings. The van der Waals surface area contributed by atoms with Crippen LogP contribution in [0.2, 0.25) is 10.0 Å². The van der Waals surface area contributed by atoms with Crippen molar-refractivity contribution in [2.24, 2.45) is 0 Å². The summed E-state index contributed by atoms with van der Waals surface area (Å²) in [5.74, 6) is 1.36. The lowest BCUT2D eigenvalue weighted by molar-refractivity contribution is 0.267. The quantitative estimate of drug-likeness (QED) is 0.298. The number of hydrogen-bond acceptors (Lipinski definition) is 3. The van der Waals surface area contributed by atoms with Crippen molar-refractivity contribution in [3.05, 3.63) is 91.4 Å². The second-order valence-electron chi connectivity index (χ2n) is 6.95. The number of nitrogens with one attached hydrogen (secondary N) is 1.